The van der Waals surface area contributed by atoms with Gasteiger partial charge in [0.25, 0.3) is 0 Å². The third kappa shape index (κ3) is 1.68. The second kappa shape index (κ2) is 3.95. The Hall–Kier alpha value is -2.16. The van der Waals surface area contributed by atoms with Gasteiger partial charge in [-0.05, 0) is 19.1 Å². The molecule has 3 heteroatoms. The van der Waals surface area contributed by atoms with Crippen molar-refractivity contribution in [1.29, 1.82) is 0 Å². The fourth-order valence-electron chi connectivity index (χ4n) is 2.12. The molecule has 0 saturated heterocycles. The highest BCUT2D eigenvalue weighted by atomic mass is 15.2. The third-order valence-electron chi connectivity index (χ3n) is 3.13. The van der Waals surface area contributed by atoms with Crippen LogP contribution in [0.25, 0.3) is 16.9 Å². The summed E-state index contributed by atoms with van der Waals surface area (Å²) in [4.78, 5) is 4.42. The minimum Gasteiger partial charge on any atom is -0.347 e. The zero-order valence-electron chi connectivity index (χ0n) is 10.8. The molecule has 0 amide bonds. The molecule has 0 fully saturated rings. The molecule has 0 radical (unpaired) electrons. The smallest absolute Gasteiger partial charge is 0.237 e. The van der Waals surface area contributed by atoms with Gasteiger partial charge in [-0.15, -0.1) is 11.6 Å². The lowest BCUT2D eigenvalue weighted by molar-refractivity contribution is -0.645. The first kappa shape index (κ1) is 11.0. The van der Waals surface area contributed by atoms with Gasteiger partial charge in [0.2, 0.25) is 6.33 Å². The van der Waals surface area contributed by atoms with Crippen molar-refractivity contribution in [2.24, 2.45) is 7.05 Å². The van der Waals surface area contributed by atoms with Crippen molar-refractivity contribution in [3.05, 3.63) is 54.0 Å². The number of hydrogen-bond donors (Lipinski definition) is 0. The lowest BCUT2D eigenvalue weighted by Gasteiger charge is -2.03. The van der Waals surface area contributed by atoms with E-state index in [4.69, 9.17) is 0 Å². The monoisotopic (exact) mass is 237 g/mol. The van der Waals surface area contributed by atoms with Gasteiger partial charge in [-0.3, -0.25) is 4.57 Å². The van der Waals surface area contributed by atoms with Crippen molar-refractivity contribution in [3.8, 4) is 5.69 Å². The normalized spacial score (nSPS) is 11.1. The van der Waals surface area contributed by atoms with E-state index in [0.717, 1.165) is 22.4 Å². The Labute approximate surface area is 106 Å². The van der Waals surface area contributed by atoms with E-state index in [1.807, 2.05) is 14.0 Å². The Morgan fingerprint density at radius 1 is 1.17 bits per heavy atom. The lowest BCUT2D eigenvalue weighted by Crippen LogP contribution is -2.25. The van der Waals surface area contributed by atoms with Gasteiger partial charge in [-0.1, -0.05) is 30.8 Å². The molecule has 0 aliphatic carbocycles. The van der Waals surface area contributed by atoms with Crippen LogP contribution < -0.4 is 4.57 Å². The summed E-state index contributed by atoms with van der Waals surface area (Å²) in [5.74, 6) is 0. The summed E-state index contributed by atoms with van der Waals surface area (Å²) >= 11 is 0. The molecule has 0 unspecified atom stereocenters. The van der Waals surface area contributed by atoms with Crippen LogP contribution in [0, 0.1) is 20.0 Å². The maximum absolute atomic E-state index is 4.42. The van der Waals surface area contributed by atoms with Crippen molar-refractivity contribution in [2.45, 2.75) is 13.8 Å². The highest BCUT2D eigenvalue weighted by Crippen LogP contribution is 2.15. The van der Waals surface area contributed by atoms with Crippen LogP contribution in [0.3, 0.4) is 0 Å². The number of aryl methyl sites for hydroxylation is 3. The average molecular weight is 237 g/mol. The zero-order chi connectivity index (χ0) is 12.7. The molecule has 0 atom stereocenters. The van der Waals surface area contributed by atoms with E-state index in [0.29, 0.717) is 0 Å². The minimum atomic E-state index is 0.937. The first-order chi connectivity index (χ1) is 8.65. The van der Waals surface area contributed by atoms with E-state index < -0.39 is 0 Å². The molecule has 2 aromatic heterocycles. The van der Waals surface area contributed by atoms with Gasteiger partial charge in [-0.2, -0.15) is 0 Å². The molecule has 0 spiro atoms. The summed E-state index contributed by atoms with van der Waals surface area (Å²) in [5.41, 5.74) is 5.49. The number of benzene rings is 1. The number of hydrogen-bond acceptors (Lipinski definition) is 1. The van der Waals surface area contributed by atoms with Crippen molar-refractivity contribution < 1.29 is 4.57 Å². The van der Waals surface area contributed by atoms with Gasteiger partial charge in [0, 0.05) is 0 Å². The number of rotatable bonds is 1. The van der Waals surface area contributed by atoms with E-state index in [2.05, 4.69) is 63.9 Å². The molecule has 18 heavy (non-hydrogen) atoms. The highest BCUT2D eigenvalue weighted by Gasteiger charge is 2.09. The summed E-state index contributed by atoms with van der Waals surface area (Å²) in [7, 11) is 2.04. The quantitative estimate of drug-likeness (QED) is 0.470. The topological polar surface area (TPSA) is 21.7 Å². The molecular weight excluding hydrogens is 222 g/mol. The van der Waals surface area contributed by atoms with Gasteiger partial charge < -0.3 is 4.98 Å². The van der Waals surface area contributed by atoms with Gasteiger partial charge in [-0.25, -0.2) is 4.57 Å². The van der Waals surface area contributed by atoms with E-state index in [1.54, 1.807) is 0 Å². The number of fused-ring (bicyclic) bond motifs is 1. The molecule has 3 rings (SSSR count). The molecular formula is C15H15N3. The Morgan fingerprint density at radius 2 is 1.89 bits per heavy atom. The van der Waals surface area contributed by atoms with Crippen LogP contribution in [0.2, 0.25) is 0 Å². The number of nitrogens with zero attached hydrogens (tertiary/aromatic N) is 3. The molecule has 90 valence electrons. The van der Waals surface area contributed by atoms with E-state index in [9.17, 15) is 0 Å². The molecule has 2 heterocycles. The average Bonchev–Trinajstić information content (AvgIpc) is 2.68. The Bertz CT molecular complexity index is 708. The Kier molecular flexibility index (Phi) is 2.40. The summed E-state index contributed by atoms with van der Waals surface area (Å²) in [5, 5.41) is 0. The number of imidazole rings is 1. The molecule has 0 aliphatic heterocycles. The minimum absolute atomic E-state index is 0.937. The predicted octanol–water partition coefficient (Wildman–Crippen LogP) is 2.27. The zero-order valence-corrected chi connectivity index (χ0v) is 10.8. The van der Waals surface area contributed by atoms with Crippen molar-refractivity contribution >= 4 is 11.2 Å². The number of aromatic nitrogens is 3. The maximum Gasteiger partial charge on any atom is 0.237 e. The summed E-state index contributed by atoms with van der Waals surface area (Å²) in [6.45, 7) is 4.10. The molecule has 3 nitrogen and oxygen atoms in total. The lowest BCUT2D eigenvalue weighted by atomic mass is 10.2. The van der Waals surface area contributed by atoms with Crippen LogP contribution in [-0.2, 0) is 7.05 Å². The van der Waals surface area contributed by atoms with Crippen LogP contribution in [0.15, 0.2) is 36.7 Å². The van der Waals surface area contributed by atoms with E-state index in [1.165, 1.54) is 5.56 Å². The first-order valence-corrected chi connectivity index (χ1v) is 5.98. The van der Waals surface area contributed by atoms with Crippen molar-refractivity contribution in [2.75, 3.05) is 0 Å². The number of pyridine rings is 1. The Balaban J connectivity index is 2.26. The van der Waals surface area contributed by atoms with E-state index >= 15 is 0 Å². The second-order valence-electron chi connectivity index (χ2n) is 4.69. The van der Waals surface area contributed by atoms with E-state index in [-0.39, 0.29) is 0 Å². The largest absolute Gasteiger partial charge is 0.347 e. The van der Waals surface area contributed by atoms with Crippen LogP contribution in [0.4, 0.5) is 0 Å². The van der Waals surface area contributed by atoms with Gasteiger partial charge in [0.15, 0.2) is 5.65 Å². The summed E-state index contributed by atoms with van der Waals surface area (Å²) in [6.07, 6.45) is 5.08. The summed E-state index contributed by atoms with van der Waals surface area (Å²) < 4.78 is 4.17. The van der Waals surface area contributed by atoms with Crippen LogP contribution in [0.1, 0.15) is 11.1 Å². The van der Waals surface area contributed by atoms with Crippen molar-refractivity contribution in [1.82, 2.24) is 9.55 Å². The molecule has 0 bridgehead atoms. The molecule has 0 saturated carbocycles. The van der Waals surface area contributed by atoms with Crippen LogP contribution in [-0.4, -0.2) is 9.55 Å². The molecule has 1 aromatic carbocycles. The first-order valence-electron chi connectivity index (χ1n) is 5.98. The van der Waals surface area contributed by atoms with Gasteiger partial charge in [0.1, 0.15) is 5.69 Å². The predicted molar refractivity (Wildman–Crippen MR) is 70.6 cm³/mol. The SMILES string of the molecule is Cc1[c-]nc2c(c1)[n+](C)cn2-c1ccc(C)cc1. The van der Waals surface area contributed by atoms with Gasteiger partial charge in [0.05, 0.1) is 12.6 Å². The third-order valence-corrected chi connectivity index (χ3v) is 3.13. The van der Waals surface area contributed by atoms with Crippen LogP contribution >= 0.6 is 0 Å². The summed E-state index contributed by atoms with van der Waals surface area (Å²) in [6, 6.07) is 10.5. The molecule has 0 N–H and O–H groups in total. The maximum atomic E-state index is 4.42. The standard InChI is InChI=1S/C15H15N3/c1-11-4-6-13(7-5-11)18-10-17(3)14-8-12(2)9-16-15(14)18/h4-8,10H,1-3H3. The fraction of sp³-hybridized carbons (Fsp3) is 0.200. The molecule has 3 aromatic rings. The Morgan fingerprint density at radius 3 is 2.61 bits per heavy atom. The van der Waals surface area contributed by atoms with Crippen LogP contribution in [0.5, 0.6) is 0 Å². The molecule has 0 aliphatic rings. The highest BCUT2D eigenvalue weighted by molar-refractivity contribution is 5.69. The second-order valence-corrected chi connectivity index (χ2v) is 4.69. The fourth-order valence-corrected chi connectivity index (χ4v) is 2.12. The van der Waals surface area contributed by atoms with Crippen molar-refractivity contribution in [3.63, 3.8) is 0 Å². The van der Waals surface area contributed by atoms with Gasteiger partial charge >= 0.3 is 0 Å².